The molecule has 0 aromatic carbocycles. The Balaban J connectivity index is 0. The zero-order chi connectivity index (χ0) is 30.9. The first-order chi connectivity index (χ1) is 19.7. The van der Waals surface area contributed by atoms with Crippen molar-refractivity contribution in [1.82, 2.24) is 0 Å². The van der Waals surface area contributed by atoms with Crippen molar-refractivity contribution >= 4 is 41.4 Å². The Morgan fingerprint density at radius 3 is 0.805 bits per heavy atom. The standard InChI is InChI=1S/C34H67O.Na.H2O4S/c1-3-5-7-9-11-13-15-17-19-21-23-25-27-29-31-34(33-35)32-30-28-26-24-22-20-18-16-14-12-10-8-6-4-2;;1-5(2,3)4/h34H,3-32H2,1-2H3;;(H2,1,2,3,4). The number of unbranched alkanes of at least 4 members (excludes halogenated alkanes) is 26. The fourth-order valence-corrected chi connectivity index (χ4v) is 6.30. The number of carbonyl (C=O) groups excluding carboxylic acids is 1. The van der Waals surface area contributed by atoms with Crippen LogP contribution in [0.2, 0.25) is 0 Å². The third kappa shape index (κ3) is 45.1. The fraction of sp³-hybridized carbons (Fsp3) is 0.971. The van der Waals surface area contributed by atoms with Crippen LogP contribution in [0.3, 0.4) is 0 Å². The molecular formula is C34H69NaO5S. The monoisotopic (exact) mass is 612 g/mol. The Kier molecular flexibility index (Phi) is 37.3. The van der Waals surface area contributed by atoms with Gasteiger partial charge in [0.15, 0.2) is 0 Å². The molecule has 0 fully saturated rings. The molecule has 41 heavy (non-hydrogen) atoms. The van der Waals surface area contributed by atoms with Gasteiger partial charge < -0.3 is 0 Å². The van der Waals surface area contributed by atoms with Crippen molar-refractivity contribution in [1.29, 1.82) is 0 Å². The molecule has 0 amide bonds. The molecule has 0 unspecified atom stereocenters. The molecule has 5 nitrogen and oxygen atoms in total. The van der Waals surface area contributed by atoms with Crippen LogP contribution in [0.4, 0.5) is 0 Å². The number of rotatable bonds is 31. The van der Waals surface area contributed by atoms with E-state index in [1.165, 1.54) is 193 Å². The van der Waals surface area contributed by atoms with E-state index in [4.69, 9.17) is 17.5 Å². The molecule has 2 N–H and O–H groups in total. The van der Waals surface area contributed by atoms with Crippen LogP contribution in [-0.4, -0.2) is 48.5 Å². The maximum absolute atomic E-state index is 12.1. The smallest absolute Gasteiger partial charge is 0.264 e. The summed E-state index contributed by atoms with van der Waals surface area (Å²) in [5.74, 6) is 0.409. The van der Waals surface area contributed by atoms with Gasteiger partial charge in [0, 0.05) is 0 Å². The first-order valence-electron chi connectivity index (χ1n) is 17.9. The van der Waals surface area contributed by atoms with Gasteiger partial charge in [0.2, 0.25) is 0 Å². The molecule has 7 heteroatoms. The Morgan fingerprint density at radius 2 is 0.634 bits per heavy atom. The van der Waals surface area contributed by atoms with Gasteiger partial charge in [-0.2, -0.15) is 8.42 Å². The van der Waals surface area contributed by atoms with Gasteiger partial charge in [-0.05, 0) is 0 Å². The summed E-state index contributed by atoms with van der Waals surface area (Å²) in [5.41, 5.74) is 0. The topological polar surface area (TPSA) is 91.7 Å². The minimum absolute atomic E-state index is 0.409. The van der Waals surface area contributed by atoms with E-state index in [2.05, 4.69) is 13.8 Å². The van der Waals surface area contributed by atoms with E-state index < -0.39 is 10.4 Å². The fourth-order valence-electron chi connectivity index (χ4n) is 5.72. The van der Waals surface area contributed by atoms with Crippen LogP contribution in [0.5, 0.6) is 0 Å². The summed E-state index contributed by atoms with van der Waals surface area (Å²) in [6.07, 6.45) is 42.0. The quantitative estimate of drug-likeness (QED) is 0.0461. The van der Waals surface area contributed by atoms with E-state index in [0.717, 1.165) is 27.9 Å². The number of hydrogen-bond donors (Lipinski definition) is 2. The van der Waals surface area contributed by atoms with E-state index in [1.54, 1.807) is 0 Å². The second-order valence-electron chi connectivity index (χ2n) is 12.5. The van der Waals surface area contributed by atoms with Gasteiger partial charge in [-0.15, -0.1) is 0 Å². The maximum Gasteiger partial charge on any atom is 0.394 e. The van der Waals surface area contributed by atoms with E-state index >= 15 is 0 Å². The van der Waals surface area contributed by atoms with Gasteiger partial charge in [0.05, 0.1) is 0 Å². The van der Waals surface area contributed by atoms with Crippen molar-refractivity contribution in [3.05, 3.63) is 0 Å². The molecule has 0 radical (unpaired) electrons. The Bertz CT molecular complexity index is 587. The number of hydrogen-bond acceptors (Lipinski definition) is 3. The van der Waals surface area contributed by atoms with Crippen molar-refractivity contribution in [3.63, 3.8) is 0 Å². The summed E-state index contributed by atoms with van der Waals surface area (Å²) in [7, 11) is -4.67. The molecule has 0 aliphatic carbocycles. The normalized spacial score (nSPS) is 11.6. The zero-order valence-electron chi connectivity index (χ0n) is 27.8. The second kappa shape index (κ2) is 35.0. The Labute approximate surface area is 274 Å². The first-order valence-corrected chi connectivity index (χ1v) is 20.3. The maximum atomic E-state index is 12.1. The summed E-state index contributed by atoms with van der Waals surface area (Å²) < 4.78 is 32.2. The van der Waals surface area contributed by atoms with Gasteiger partial charge in [-0.3, -0.25) is 9.11 Å². The van der Waals surface area contributed by atoms with Gasteiger partial charge >= 0.3 is 180 Å². The molecular weight excluding hydrogens is 543 g/mol. The van der Waals surface area contributed by atoms with Gasteiger partial charge in [-0.1, -0.05) is 78.1 Å². The van der Waals surface area contributed by atoms with E-state index in [1.807, 2.05) is 0 Å². The molecule has 0 aliphatic rings. The Hall–Kier alpha value is 0.540. The van der Waals surface area contributed by atoms with E-state index in [-0.39, 0.29) is 0 Å². The predicted molar refractivity (Wildman–Crippen MR) is 178 cm³/mol. The van der Waals surface area contributed by atoms with Crippen molar-refractivity contribution in [3.8, 4) is 0 Å². The molecule has 0 aromatic rings. The van der Waals surface area contributed by atoms with Crippen molar-refractivity contribution < 1.29 is 22.3 Å². The van der Waals surface area contributed by atoms with E-state index in [0.29, 0.717) is 8.95 Å². The third-order valence-corrected chi connectivity index (χ3v) is 9.20. The summed E-state index contributed by atoms with van der Waals surface area (Å²) >= 11 is 0.755. The average Bonchev–Trinajstić information content (AvgIpc) is 2.91. The molecule has 0 aliphatic heterocycles. The largest absolute Gasteiger partial charge is 0.394 e. The molecule has 0 rings (SSSR count). The van der Waals surface area contributed by atoms with Gasteiger partial charge in [0.1, 0.15) is 0 Å². The van der Waals surface area contributed by atoms with Crippen molar-refractivity contribution in [2.24, 2.45) is 5.92 Å². The van der Waals surface area contributed by atoms with Gasteiger partial charge in [-0.25, -0.2) is 0 Å². The van der Waals surface area contributed by atoms with Crippen LogP contribution in [-0.2, 0) is 15.2 Å². The molecule has 0 saturated heterocycles. The number of carbonyl (C=O) groups is 1. The first kappa shape index (κ1) is 43.7. The van der Waals surface area contributed by atoms with Crippen LogP contribution >= 0.6 is 0 Å². The SMILES string of the molecule is CCCCCCCCCCCCCCCCC(CCCCCCCCCCCCCCCC)[C](=O)[Na].O=S(=O)(O)O. The van der Waals surface area contributed by atoms with Crippen molar-refractivity contribution in [2.75, 3.05) is 0 Å². The van der Waals surface area contributed by atoms with Crippen LogP contribution < -0.4 is 0 Å². The van der Waals surface area contributed by atoms with E-state index in [9.17, 15) is 4.79 Å². The van der Waals surface area contributed by atoms with Crippen molar-refractivity contribution in [2.45, 2.75) is 206 Å². The summed E-state index contributed by atoms with van der Waals surface area (Å²) in [6.45, 7) is 4.59. The molecule has 0 bridgehead atoms. The average molecular weight is 613 g/mol. The third-order valence-electron chi connectivity index (χ3n) is 8.39. The summed E-state index contributed by atoms with van der Waals surface area (Å²) in [6, 6.07) is 0. The molecule has 0 saturated carbocycles. The van der Waals surface area contributed by atoms with Crippen LogP contribution in [0.1, 0.15) is 206 Å². The molecule has 0 spiro atoms. The molecule has 0 atom stereocenters. The predicted octanol–water partition coefficient (Wildman–Crippen LogP) is 11.4. The van der Waals surface area contributed by atoms with Crippen LogP contribution in [0.25, 0.3) is 0 Å². The van der Waals surface area contributed by atoms with Crippen LogP contribution in [0.15, 0.2) is 0 Å². The zero-order valence-corrected chi connectivity index (χ0v) is 30.6. The minimum Gasteiger partial charge on any atom is -0.264 e. The van der Waals surface area contributed by atoms with Gasteiger partial charge in [0.25, 0.3) is 0 Å². The Morgan fingerprint density at radius 1 is 0.463 bits per heavy atom. The van der Waals surface area contributed by atoms with Crippen LogP contribution in [0, 0.1) is 5.92 Å². The minimum atomic E-state index is -4.67. The summed E-state index contributed by atoms with van der Waals surface area (Å²) in [4.78, 5) is 12.1. The molecule has 242 valence electrons. The molecule has 0 aromatic heterocycles. The second-order valence-corrected chi connectivity index (χ2v) is 14.4. The molecule has 0 heterocycles. The summed E-state index contributed by atoms with van der Waals surface area (Å²) in [5, 5.41) is 0.